The Labute approximate surface area is 132 Å². The average Bonchev–Trinajstić information content (AvgIpc) is 2.86. The minimum Gasteiger partial charge on any atom is -0.492 e. The Morgan fingerprint density at radius 2 is 2.00 bits per heavy atom. The number of carbonyl (C=O) groups is 1. The third kappa shape index (κ3) is 3.08. The van der Waals surface area contributed by atoms with Gasteiger partial charge in [0.25, 0.3) is 0 Å². The fourth-order valence-electron chi connectivity index (χ4n) is 2.25. The van der Waals surface area contributed by atoms with Gasteiger partial charge in [0.05, 0.1) is 12.3 Å². The number of nitrogens with zero attached hydrogens (tertiary/aromatic N) is 3. The number of benzene rings is 1. The maximum atomic E-state index is 12.2. The number of pyridine rings is 1. The molecule has 23 heavy (non-hydrogen) atoms. The van der Waals surface area contributed by atoms with Crippen LogP contribution in [0.5, 0.6) is 5.75 Å². The zero-order valence-electron chi connectivity index (χ0n) is 12.6. The molecular weight excluding hydrogens is 296 g/mol. The molecule has 2 aromatic heterocycles. The van der Waals surface area contributed by atoms with Crippen LogP contribution in [0.3, 0.4) is 0 Å². The Kier molecular flexibility index (Phi) is 4.09. The van der Waals surface area contributed by atoms with Crippen molar-refractivity contribution in [1.29, 1.82) is 0 Å². The lowest BCUT2D eigenvalue weighted by atomic mass is 10.3. The Morgan fingerprint density at radius 3 is 2.78 bits per heavy atom. The molecule has 1 aromatic carbocycles. The minimum atomic E-state index is -0.353. The van der Waals surface area contributed by atoms with E-state index < -0.39 is 0 Å². The first kappa shape index (κ1) is 14.8. The molecule has 3 rings (SSSR count). The van der Waals surface area contributed by atoms with Crippen molar-refractivity contribution >= 4 is 17.2 Å². The highest BCUT2D eigenvalue weighted by Gasteiger charge is 2.12. The van der Waals surface area contributed by atoms with Crippen LogP contribution in [0.4, 0.5) is 5.69 Å². The van der Waals surface area contributed by atoms with E-state index in [1.54, 1.807) is 42.6 Å². The van der Waals surface area contributed by atoms with Crippen molar-refractivity contribution in [2.75, 3.05) is 11.9 Å². The highest BCUT2D eigenvalue weighted by molar-refractivity contribution is 5.92. The largest absolute Gasteiger partial charge is 0.492 e. The second kappa shape index (κ2) is 6.35. The monoisotopic (exact) mass is 312 g/mol. The zero-order valence-corrected chi connectivity index (χ0v) is 12.6. The van der Waals surface area contributed by atoms with Gasteiger partial charge in [0.15, 0.2) is 5.65 Å². The van der Waals surface area contributed by atoms with Gasteiger partial charge >= 0.3 is 5.69 Å². The first-order chi connectivity index (χ1) is 11.2. The van der Waals surface area contributed by atoms with Gasteiger partial charge in [-0.1, -0.05) is 18.2 Å². The Morgan fingerprint density at radius 1 is 1.22 bits per heavy atom. The molecule has 0 saturated heterocycles. The summed E-state index contributed by atoms with van der Waals surface area (Å²) in [5.41, 5.74) is 0.713. The van der Waals surface area contributed by atoms with E-state index in [9.17, 15) is 9.59 Å². The number of rotatable bonds is 5. The minimum absolute atomic E-state index is 0.166. The van der Waals surface area contributed by atoms with Crippen molar-refractivity contribution in [2.24, 2.45) is 0 Å². The summed E-state index contributed by atoms with van der Waals surface area (Å²) in [6.07, 6.45) is 1.61. The first-order valence-corrected chi connectivity index (χ1v) is 7.25. The predicted octanol–water partition coefficient (Wildman–Crippen LogP) is 1.53. The molecule has 0 bridgehead atoms. The van der Waals surface area contributed by atoms with Crippen molar-refractivity contribution in [1.82, 2.24) is 14.2 Å². The van der Waals surface area contributed by atoms with Crippen molar-refractivity contribution in [3.8, 4) is 5.75 Å². The van der Waals surface area contributed by atoms with E-state index in [-0.39, 0.29) is 18.1 Å². The normalized spacial score (nSPS) is 10.7. The zero-order chi connectivity index (χ0) is 16.2. The summed E-state index contributed by atoms with van der Waals surface area (Å²) >= 11 is 0. The molecule has 3 aromatic rings. The second-order valence-corrected chi connectivity index (χ2v) is 4.85. The number of amides is 1. The highest BCUT2D eigenvalue weighted by Crippen LogP contribution is 2.23. The number of hydrogen-bond acceptors (Lipinski definition) is 4. The topological polar surface area (TPSA) is 77.6 Å². The van der Waals surface area contributed by atoms with E-state index in [1.807, 2.05) is 13.0 Å². The smallest absolute Gasteiger partial charge is 0.350 e. The van der Waals surface area contributed by atoms with Crippen LogP contribution >= 0.6 is 0 Å². The SMILES string of the molecule is CCOc1ccccc1NC(=O)Cn1nc2ccccn2c1=O. The molecule has 1 amide bonds. The molecule has 0 aliphatic heterocycles. The molecule has 2 heterocycles. The molecule has 7 heteroatoms. The highest BCUT2D eigenvalue weighted by atomic mass is 16.5. The van der Waals surface area contributed by atoms with Crippen LogP contribution in [0.25, 0.3) is 5.65 Å². The Bertz CT molecular complexity index is 897. The summed E-state index contributed by atoms with van der Waals surface area (Å²) in [5, 5.41) is 6.87. The van der Waals surface area contributed by atoms with Crippen molar-refractivity contribution in [3.05, 3.63) is 59.1 Å². The van der Waals surface area contributed by atoms with Crippen LogP contribution < -0.4 is 15.7 Å². The summed E-state index contributed by atoms with van der Waals surface area (Å²) in [6.45, 7) is 2.20. The molecule has 0 unspecified atom stereocenters. The molecule has 0 fully saturated rings. The first-order valence-electron chi connectivity index (χ1n) is 7.25. The molecule has 0 aliphatic carbocycles. The molecule has 7 nitrogen and oxygen atoms in total. The van der Waals surface area contributed by atoms with Crippen molar-refractivity contribution in [3.63, 3.8) is 0 Å². The lowest BCUT2D eigenvalue weighted by molar-refractivity contribution is -0.117. The quantitative estimate of drug-likeness (QED) is 0.775. The van der Waals surface area contributed by atoms with Gasteiger partial charge < -0.3 is 10.1 Å². The van der Waals surface area contributed by atoms with Crippen LogP contribution in [0.15, 0.2) is 53.5 Å². The van der Waals surface area contributed by atoms with Gasteiger partial charge in [0.2, 0.25) is 5.91 Å². The van der Waals surface area contributed by atoms with Gasteiger partial charge in [0.1, 0.15) is 12.3 Å². The predicted molar refractivity (Wildman–Crippen MR) is 85.7 cm³/mol. The fourth-order valence-corrected chi connectivity index (χ4v) is 2.25. The van der Waals surface area contributed by atoms with Gasteiger partial charge in [-0.3, -0.25) is 9.20 Å². The number of para-hydroxylation sites is 2. The number of anilines is 1. The summed E-state index contributed by atoms with van der Waals surface area (Å²) in [7, 11) is 0. The molecule has 118 valence electrons. The molecular formula is C16H16N4O3. The number of ether oxygens (including phenoxy) is 1. The van der Waals surface area contributed by atoms with E-state index in [1.165, 1.54) is 4.40 Å². The summed E-state index contributed by atoms with van der Waals surface area (Å²) in [4.78, 5) is 24.3. The number of fused-ring (bicyclic) bond motifs is 1. The number of hydrogen-bond donors (Lipinski definition) is 1. The fraction of sp³-hybridized carbons (Fsp3) is 0.188. The van der Waals surface area contributed by atoms with Crippen LogP contribution in [0.1, 0.15) is 6.92 Å². The number of carbonyl (C=O) groups excluding carboxylic acids is 1. The van der Waals surface area contributed by atoms with Gasteiger partial charge in [-0.2, -0.15) is 0 Å². The van der Waals surface area contributed by atoms with Crippen molar-refractivity contribution < 1.29 is 9.53 Å². The van der Waals surface area contributed by atoms with Gasteiger partial charge in [-0.05, 0) is 31.2 Å². The lowest BCUT2D eigenvalue weighted by Gasteiger charge is -2.10. The molecule has 0 radical (unpaired) electrons. The number of aromatic nitrogens is 3. The van der Waals surface area contributed by atoms with Gasteiger partial charge in [-0.15, -0.1) is 5.10 Å². The summed E-state index contributed by atoms with van der Waals surface area (Å²) in [5.74, 6) is 0.244. The molecule has 0 saturated carbocycles. The van der Waals surface area contributed by atoms with Gasteiger partial charge in [0, 0.05) is 6.20 Å². The maximum absolute atomic E-state index is 12.2. The van der Waals surface area contributed by atoms with E-state index in [4.69, 9.17) is 4.74 Å². The van der Waals surface area contributed by atoms with Crippen LogP contribution in [-0.4, -0.2) is 26.7 Å². The third-order valence-corrected chi connectivity index (χ3v) is 3.24. The van der Waals surface area contributed by atoms with E-state index >= 15 is 0 Å². The van der Waals surface area contributed by atoms with Crippen LogP contribution in [0, 0.1) is 0 Å². The van der Waals surface area contributed by atoms with E-state index in [0.717, 1.165) is 4.68 Å². The molecule has 0 atom stereocenters. The third-order valence-electron chi connectivity index (χ3n) is 3.24. The van der Waals surface area contributed by atoms with E-state index in [0.29, 0.717) is 23.7 Å². The standard InChI is InChI=1S/C16H16N4O3/c1-2-23-13-8-4-3-7-12(13)17-15(21)11-20-16(22)19-10-6-5-9-14(19)18-20/h3-10H,2,11H2,1H3,(H,17,21). The second-order valence-electron chi connectivity index (χ2n) is 4.85. The molecule has 1 N–H and O–H groups in total. The summed E-state index contributed by atoms with van der Waals surface area (Å²) in [6, 6.07) is 12.4. The number of nitrogens with one attached hydrogen (secondary N) is 1. The maximum Gasteiger partial charge on any atom is 0.350 e. The Hall–Kier alpha value is -3.09. The van der Waals surface area contributed by atoms with Gasteiger partial charge in [-0.25, -0.2) is 9.48 Å². The lowest BCUT2D eigenvalue weighted by Crippen LogP contribution is -2.28. The average molecular weight is 312 g/mol. The van der Waals surface area contributed by atoms with Crippen LogP contribution in [-0.2, 0) is 11.3 Å². The van der Waals surface area contributed by atoms with Crippen LogP contribution in [0.2, 0.25) is 0 Å². The molecule has 0 aliphatic rings. The summed E-state index contributed by atoms with van der Waals surface area (Å²) < 4.78 is 7.98. The van der Waals surface area contributed by atoms with Crippen molar-refractivity contribution in [2.45, 2.75) is 13.5 Å². The van der Waals surface area contributed by atoms with E-state index in [2.05, 4.69) is 10.4 Å². The molecule has 0 spiro atoms. The Balaban J connectivity index is 1.79.